The zero-order valence-electron chi connectivity index (χ0n) is 11.9. The fourth-order valence-electron chi connectivity index (χ4n) is 3.09. The molecule has 1 saturated heterocycles. The molecule has 3 N–H and O–H groups in total. The van der Waals surface area contributed by atoms with E-state index in [0.29, 0.717) is 22.4 Å². The molecule has 0 spiro atoms. The third-order valence-corrected chi connectivity index (χ3v) is 4.34. The van der Waals surface area contributed by atoms with Crippen molar-refractivity contribution in [3.63, 3.8) is 0 Å². The summed E-state index contributed by atoms with van der Waals surface area (Å²) in [6, 6.07) is 0.277. The maximum atomic E-state index is 13.4. The standard InChI is InChI=1S/C14H17F2N5.ClH/c15-14(16)4-10(14)9-6-18-12-11(9)13(20-7-19-12)21-8-2-1-3-17-5-8;/h6-8,10,17H,1-5H2,(H2,18,19,20,21);1H. The summed E-state index contributed by atoms with van der Waals surface area (Å²) >= 11 is 0. The minimum atomic E-state index is -2.59. The Hall–Kier alpha value is -1.47. The van der Waals surface area contributed by atoms with Crippen molar-refractivity contribution >= 4 is 29.3 Å². The zero-order valence-corrected chi connectivity index (χ0v) is 12.7. The van der Waals surface area contributed by atoms with Crippen LogP contribution in [0.15, 0.2) is 12.5 Å². The summed E-state index contributed by atoms with van der Waals surface area (Å²) < 4.78 is 26.8. The van der Waals surface area contributed by atoms with E-state index in [-0.39, 0.29) is 24.9 Å². The fraction of sp³-hybridized carbons (Fsp3) is 0.571. The Labute approximate surface area is 132 Å². The van der Waals surface area contributed by atoms with Crippen LogP contribution in [0.25, 0.3) is 11.0 Å². The molecule has 2 aliphatic rings. The summed E-state index contributed by atoms with van der Waals surface area (Å²) in [6.07, 6.45) is 5.19. The molecule has 0 radical (unpaired) electrons. The Balaban J connectivity index is 0.00000144. The first-order valence-electron chi connectivity index (χ1n) is 7.32. The molecule has 3 heterocycles. The number of H-pyrrole nitrogens is 1. The Morgan fingerprint density at radius 3 is 2.82 bits per heavy atom. The molecule has 22 heavy (non-hydrogen) atoms. The Kier molecular flexibility index (Phi) is 3.94. The highest BCUT2D eigenvalue weighted by Gasteiger charge is 2.58. The van der Waals surface area contributed by atoms with E-state index in [9.17, 15) is 8.78 Å². The molecular formula is C14H18ClF2N5. The summed E-state index contributed by atoms with van der Waals surface area (Å²) in [6.45, 7) is 1.89. The van der Waals surface area contributed by atoms with Gasteiger partial charge in [-0.25, -0.2) is 18.7 Å². The zero-order chi connectivity index (χ0) is 14.4. The number of hydrogen-bond donors (Lipinski definition) is 3. The topological polar surface area (TPSA) is 65.6 Å². The molecular weight excluding hydrogens is 312 g/mol. The highest BCUT2D eigenvalue weighted by atomic mass is 35.5. The minimum absolute atomic E-state index is 0. The average Bonchev–Trinajstić information content (AvgIpc) is 2.93. The highest BCUT2D eigenvalue weighted by molar-refractivity contribution is 5.91. The molecule has 8 heteroatoms. The first-order chi connectivity index (χ1) is 10.1. The van der Waals surface area contributed by atoms with Crippen molar-refractivity contribution in [3.05, 3.63) is 18.1 Å². The van der Waals surface area contributed by atoms with Gasteiger partial charge >= 0.3 is 0 Å². The van der Waals surface area contributed by atoms with Crippen molar-refractivity contribution in [1.29, 1.82) is 0 Å². The average molecular weight is 330 g/mol. The van der Waals surface area contributed by atoms with Gasteiger partial charge in [-0.15, -0.1) is 12.4 Å². The van der Waals surface area contributed by atoms with Crippen molar-refractivity contribution in [2.24, 2.45) is 0 Å². The molecule has 2 atom stereocenters. The van der Waals surface area contributed by atoms with Gasteiger partial charge in [0.05, 0.1) is 11.3 Å². The van der Waals surface area contributed by atoms with Crippen LogP contribution >= 0.6 is 12.4 Å². The Morgan fingerprint density at radius 1 is 1.32 bits per heavy atom. The lowest BCUT2D eigenvalue weighted by Gasteiger charge is -2.24. The number of aromatic nitrogens is 3. The molecule has 2 aromatic heterocycles. The van der Waals surface area contributed by atoms with Crippen molar-refractivity contribution in [2.45, 2.75) is 37.1 Å². The molecule has 5 nitrogen and oxygen atoms in total. The summed E-state index contributed by atoms with van der Waals surface area (Å²) in [5.74, 6) is -2.64. The maximum Gasteiger partial charge on any atom is 0.256 e. The molecule has 0 aromatic carbocycles. The van der Waals surface area contributed by atoms with Crippen molar-refractivity contribution in [3.8, 4) is 0 Å². The lowest BCUT2D eigenvalue weighted by Crippen LogP contribution is -2.38. The lowest BCUT2D eigenvalue weighted by atomic mass is 10.1. The maximum absolute atomic E-state index is 13.4. The van der Waals surface area contributed by atoms with E-state index in [4.69, 9.17) is 0 Å². The normalized spacial score (nSPS) is 26.5. The van der Waals surface area contributed by atoms with E-state index in [1.165, 1.54) is 6.33 Å². The van der Waals surface area contributed by atoms with Crippen LogP contribution in [-0.4, -0.2) is 40.0 Å². The highest BCUT2D eigenvalue weighted by Crippen LogP contribution is 2.57. The number of nitrogens with zero attached hydrogens (tertiary/aromatic N) is 2. The molecule has 0 bridgehead atoms. The van der Waals surface area contributed by atoms with Crippen LogP contribution in [0.4, 0.5) is 14.6 Å². The van der Waals surface area contributed by atoms with Gasteiger partial charge in [0.1, 0.15) is 17.8 Å². The molecule has 2 unspecified atom stereocenters. The summed E-state index contributed by atoms with van der Waals surface area (Å²) in [5, 5.41) is 7.42. The molecule has 4 rings (SSSR count). The monoisotopic (exact) mass is 329 g/mol. The number of halogens is 3. The molecule has 1 aliphatic carbocycles. The van der Waals surface area contributed by atoms with Crippen molar-refractivity contribution < 1.29 is 8.78 Å². The van der Waals surface area contributed by atoms with Crippen LogP contribution in [0.5, 0.6) is 0 Å². The number of hydrogen-bond acceptors (Lipinski definition) is 4. The lowest BCUT2D eigenvalue weighted by molar-refractivity contribution is 0.112. The number of aromatic amines is 1. The van der Waals surface area contributed by atoms with E-state index in [1.54, 1.807) is 6.20 Å². The second kappa shape index (κ2) is 5.62. The first kappa shape index (κ1) is 15.4. The molecule has 1 aliphatic heterocycles. The van der Waals surface area contributed by atoms with E-state index in [2.05, 4.69) is 25.6 Å². The SMILES string of the molecule is Cl.FC1(F)CC1c1c[nH]c2ncnc(NC3CCCNC3)c12. The minimum Gasteiger partial charge on any atom is -0.365 e. The molecule has 2 aromatic rings. The van der Waals surface area contributed by atoms with Gasteiger partial charge in [-0.2, -0.15) is 0 Å². The van der Waals surface area contributed by atoms with E-state index in [0.717, 1.165) is 25.9 Å². The van der Waals surface area contributed by atoms with E-state index < -0.39 is 11.8 Å². The van der Waals surface area contributed by atoms with Crippen LogP contribution < -0.4 is 10.6 Å². The van der Waals surface area contributed by atoms with Crippen LogP contribution in [0, 0.1) is 0 Å². The summed E-state index contributed by atoms with van der Waals surface area (Å²) in [4.78, 5) is 11.4. The van der Waals surface area contributed by atoms with Crippen LogP contribution in [0.2, 0.25) is 0 Å². The van der Waals surface area contributed by atoms with Crippen LogP contribution in [0.1, 0.15) is 30.7 Å². The predicted molar refractivity (Wildman–Crippen MR) is 83.0 cm³/mol. The summed E-state index contributed by atoms with van der Waals surface area (Å²) in [7, 11) is 0. The third-order valence-electron chi connectivity index (χ3n) is 4.34. The summed E-state index contributed by atoms with van der Waals surface area (Å²) in [5.41, 5.74) is 1.25. The van der Waals surface area contributed by atoms with Gasteiger partial charge in [0.2, 0.25) is 0 Å². The molecule has 2 fully saturated rings. The predicted octanol–water partition coefficient (Wildman–Crippen LogP) is 2.67. The van der Waals surface area contributed by atoms with Gasteiger partial charge in [0.25, 0.3) is 5.92 Å². The van der Waals surface area contributed by atoms with E-state index >= 15 is 0 Å². The Morgan fingerprint density at radius 2 is 2.14 bits per heavy atom. The van der Waals surface area contributed by atoms with Crippen molar-refractivity contribution in [1.82, 2.24) is 20.3 Å². The quantitative estimate of drug-likeness (QED) is 0.810. The van der Waals surface area contributed by atoms with E-state index in [1.807, 2.05) is 0 Å². The number of anilines is 1. The first-order valence-corrected chi connectivity index (χ1v) is 7.32. The van der Waals surface area contributed by atoms with Gasteiger partial charge in [0, 0.05) is 25.2 Å². The molecule has 0 amide bonds. The van der Waals surface area contributed by atoms with Gasteiger partial charge < -0.3 is 15.6 Å². The number of fused-ring (bicyclic) bond motifs is 1. The van der Waals surface area contributed by atoms with Crippen molar-refractivity contribution in [2.75, 3.05) is 18.4 Å². The number of rotatable bonds is 3. The molecule has 1 saturated carbocycles. The molecule has 120 valence electrons. The smallest absolute Gasteiger partial charge is 0.256 e. The number of piperidine rings is 1. The van der Waals surface area contributed by atoms with Gasteiger partial charge in [-0.3, -0.25) is 0 Å². The Bertz CT molecular complexity index is 668. The van der Waals surface area contributed by atoms with Gasteiger partial charge in [0.15, 0.2) is 0 Å². The second-order valence-corrected chi connectivity index (χ2v) is 5.90. The second-order valence-electron chi connectivity index (χ2n) is 5.90. The van der Waals surface area contributed by atoms with Crippen LogP contribution in [-0.2, 0) is 0 Å². The van der Waals surface area contributed by atoms with Gasteiger partial charge in [-0.1, -0.05) is 0 Å². The third kappa shape index (κ3) is 2.63. The largest absolute Gasteiger partial charge is 0.365 e. The number of alkyl halides is 2. The van der Waals surface area contributed by atoms with Crippen LogP contribution in [0.3, 0.4) is 0 Å². The number of nitrogens with one attached hydrogen (secondary N) is 3. The van der Waals surface area contributed by atoms with Gasteiger partial charge in [-0.05, 0) is 24.9 Å². The fourth-order valence-corrected chi connectivity index (χ4v) is 3.09.